The van der Waals surface area contributed by atoms with Crippen LogP contribution in [0.3, 0.4) is 0 Å². The molecule has 0 amide bonds. The average molecular weight is 297 g/mol. The van der Waals surface area contributed by atoms with E-state index < -0.39 is 5.97 Å². The van der Waals surface area contributed by atoms with E-state index in [1.807, 2.05) is 12.1 Å². The van der Waals surface area contributed by atoms with E-state index in [9.17, 15) is 4.79 Å². The third-order valence-electron chi connectivity index (χ3n) is 3.02. The lowest BCUT2D eigenvalue weighted by Crippen LogP contribution is -2.04. The summed E-state index contributed by atoms with van der Waals surface area (Å²) < 4.78 is 5.50. The summed E-state index contributed by atoms with van der Waals surface area (Å²) in [6.45, 7) is 2.14. The first-order valence-electron chi connectivity index (χ1n) is 6.79. The highest BCUT2D eigenvalue weighted by Crippen LogP contribution is 2.20. The first-order chi connectivity index (χ1) is 10.6. The summed E-state index contributed by atoms with van der Waals surface area (Å²) in [6, 6.07) is 9.29. The zero-order chi connectivity index (χ0) is 15.9. The van der Waals surface area contributed by atoms with Crippen molar-refractivity contribution < 1.29 is 14.6 Å². The molecule has 0 radical (unpaired) electrons. The lowest BCUT2D eigenvalue weighted by atomic mass is 10.2. The van der Waals surface area contributed by atoms with Gasteiger partial charge in [0.1, 0.15) is 5.75 Å². The van der Waals surface area contributed by atoms with Crippen LogP contribution in [0, 0.1) is 18.3 Å². The Labute approximate surface area is 128 Å². The number of aromatic nitrogens is 2. The number of rotatable bonds is 6. The van der Waals surface area contributed by atoms with Crippen molar-refractivity contribution in [2.24, 2.45) is 0 Å². The molecule has 0 fully saturated rings. The van der Waals surface area contributed by atoms with Gasteiger partial charge in [-0.05, 0) is 37.6 Å². The highest BCUT2D eigenvalue weighted by molar-refractivity contribution is 5.88. The number of carbonyl (C=O) groups is 1. The highest BCUT2D eigenvalue weighted by atomic mass is 16.5. The lowest BCUT2D eigenvalue weighted by Gasteiger charge is -2.07. The number of hydrogen-bond donors (Lipinski definition) is 1. The van der Waals surface area contributed by atoms with Crippen LogP contribution in [0.2, 0.25) is 0 Å². The topological polar surface area (TPSA) is 96.1 Å². The van der Waals surface area contributed by atoms with Crippen LogP contribution in [-0.2, 0) is 0 Å². The summed E-state index contributed by atoms with van der Waals surface area (Å²) in [6.07, 6.45) is 2.48. The minimum absolute atomic E-state index is 0.0983. The molecule has 1 aromatic carbocycles. The number of aryl methyl sites for hydroxylation is 1. The van der Waals surface area contributed by atoms with Crippen LogP contribution in [0.1, 0.15) is 28.9 Å². The first-order valence-corrected chi connectivity index (χ1v) is 6.79. The van der Waals surface area contributed by atoms with E-state index in [-0.39, 0.29) is 5.56 Å². The molecule has 112 valence electrons. The van der Waals surface area contributed by atoms with Crippen LogP contribution in [-0.4, -0.2) is 27.7 Å². The Bertz CT molecular complexity index is 706. The summed E-state index contributed by atoms with van der Waals surface area (Å²) in [5, 5.41) is 17.4. The molecule has 1 N–H and O–H groups in total. The zero-order valence-electron chi connectivity index (χ0n) is 12.1. The number of carboxylic acid groups (broad SMARTS) is 1. The number of ether oxygens (including phenoxy) is 1. The van der Waals surface area contributed by atoms with E-state index in [0.29, 0.717) is 36.7 Å². The van der Waals surface area contributed by atoms with Crippen molar-refractivity contribution >= 4 is 5.97 Å². The van der Waals surface area contributed by atoms with Gasteiger partial charge in [-0.25, -0.2) is 14.8 Å². The number of aromatic carboxylic acids is 1. The van der Waals surface area contributed by atoms with Crippen molar-refractivity contribution in [3.63, 3.8) is 0 Å². The van der Waals surface area contributed by atoms with Crippen LogP contribution in [0.25, 0.3) is 11.4 Å². The fraction of sp³-hybridized carbons (Fsp3) is 0.250. The number of nitrogens with zero attached hydrogens (tertiary/aromatic N) is 3. The molecule has 6 nitrogen and oxygen atoms in total. The Balaban J connectivity index is 2.09. The molecule has 0 unspecified atom stereocenters. The molecular weight excluding hydrogens is 282 g/mol. The van der Waals surface area contributed by atoms with Crippen LogP contribution >= 0.6 is 0 Å². The number of unbranched alkanes of at least 4 members (excludes halogenated alkanes) is 1. The molecule has 1 heterocycles. The zero-order valence-corrected chi connectivity index (χ0v) is 12.1. The Morgan fingerprint density at radius 2 is 2.09 bits per heavy atom. The van der Waals surface area contributed by atoms with Gasteiger partial charge in [0, 0.05) is 18.2 Å². The first kappa shape index (κ1) is 15.4. The summed E-state index contributed by atoms with van der Waals surface area (Å²) in [7, 11) is 0. The van der Waals surface area contributed by atoms with Crippen molar-refractivity contribution in [2.45, 2.75) is 19.8 Å². The molecule has 2 aromatic rings. The normalized spacial score (nSPS) is 10.0. The second-order valence-corrected chi connectivity index (χ2v) is 4.63. The Hall–Kier alpha value is -2.94. The number of nitriles is 1. The van der Waals surface area contributed by atoms with Gasteiger partial charge in [-0.15, -0.1) is 0 Å². The van der Waals surface area contributed by atoms with Gasteiger partial charge in [0.05, 0.1) is 23.9 Å². The van der Waals surface area contributed by atoms with E-state index in [1.54, 1.807) is 19.1 Å². The summed E-state index contributed by atoms with van der Waals surface area (Å²) in [4.78, 5) is 19.2. The second kappa shape index (κ2) is 7.18. The van der Waals surface area contributed by atoms with Gasteiger partial charge in [-0.1, -0.05) is 0 Å². The molecule has 0 aliphatic carbocycles. The molecule has 0 aliphatic rings. The van der Waals surface area contributed by atoms with Gasteiger partial charge < -0.3 is 9.84 Å². The molecule has 0 saturated heterocycles. The molecule has 22 heavy (non-hydrogen) atoms. The predicted octanol–water partition coefficient (Wildman–Crippen LogP) is 2.83. The van der Waals surface area contributed by atoms with Crippen molar-refractivity contribution in [1.29, 1.82) is 5.26 Å². The maximum Gasteiger partial charge on any atom is 0.339 e. The number of carboxylic acids is 1. The minimum Gasteiger partial charge on any atom is -0.494 e. The van der Waals surface area contributed by atoms with Gasteiger partial charge >= 0.3 is 5.97 Å². The molecule has 0 atom stereocenters. The summed E-state index contributed by atoms with van der Waals surface area (Å²) >= 11 is 0. The Morgan fingerprint density at radius 3 is 2.68 bits per heavy atom. The van der Waals surface area contributed by atoms with Gasteiger partial charge in [-0.3, -0.25) is 0 Å². The minimum atomic E-state index is -1.04. The molecule has 0 saturated carbocycles. The molecule has 0 spiro atoms. The van der Waals surface area contributed by atoms with Crippen LogP contribution in [0.4, 0.5) is 0 Å². The lowest BCUT2D eigenvalue weighted by molar-refractivity contribution is 0.0695. The van der Waals surface area contributed by atoms with Gasteiger partial charge in [0.2, 0.25) is 0 Å². The summed E-state index contributed by atoms with van der Waals surface area (Å²) in [5.41, 5.74) is 1.31. The summed E-state index contributed by atoms with van der Waals surface area (Å²) in [5.74, 6) is 0.143. The fourth-order valence-corrected chi connectivity index (χ4v) is 1.86. The van der Waals surface area contributed by atoms with E-state index in [1.165, 1.54) is 6.20 Å². The maximum atomic E-state index is 10.9. The van der Waals surface area contributed by atoms with Gasteiger partial charge in [0.15, 0.2) is 5.82 Å². The second-order valence-electron chi connectivity index (χ2n) is 4.63. The fourth-order valence-electron chi connectivity index (χ4n) is 1.86. The van der Waals surface area contributed by atoms with Crippen LogP contribution in [0.5, 0.6) is 5.75 Å². The van der Waals surface area contributed by atoms with E-state index in [0.717, 1.165) is 5.56 Å². The maximum absolute atomic E-state index is 10.9. The predicted molar refractivity (Wildman–Crippen MR) is 79.5 cm³/mol. The van der Waals surface area contributed by atoms with Crippen molar-refractivity contribution in [3.05, 3.63) is 41.7 Å². The third-order valence-corrected chi connectivity index (χ3v) is 3.02. The van der Waals surface area contributed by atoms with Crippen molar-refractivity contribution in [2.75, 3.05) is 6.61 Å². The Morgan fingerprint density at radius 1 is 1.36 bits per heavy atom. The smallest absolute Gasteiger partial charge is 0.339 e. The van der Waals surface area contributed by atoms with Crippen molar-refractivity contribution in [3.8, 4) is 23.2 Å². The van der Waals surface area contributed by atoms with E-state index in [2.05, 4.69) is 16.0 Å². The monoisotopic (exact) mass is 297 g/mol. The number of hydrogen-bond acceptors (Lipinski definition) is 5. The Kier molecular flexibility index (Phi) is 5.04. The molecular formula is C16H15N3O3. The van der Waals surface area contributed by atoms with Crippen molar-refractivity contribution in [1.82, 2.24) is 9.97 Å². The van der Waals surface area contributed by atoms with E-state index in [4.69, 9.17) is 15.1 Å². The number of benzene rings is 1. The van der Waals surface area contributed by atoms with E-state index >= 15 is 0 Å². The molecule has 6 heteroatoms. The van der Waals surface area contributed by atoms with Gasteiger partial charge in [-0.2, -0.15) is 5.26 Å². The van der Waals surface area contributed by atoms with Gasteiger partial charge in [0.25, 0.3) is 0 Å². The average Bonchev–Trinajstić information content (AvgIpc) is 2.52. The quantitative estimate of drug-likeness (QED) is 0.823. The molecule has 0 bridgehead atoms. The molecule has 1 aromatic heterocycles. The highest BCUT2D eigenvalue weighted by Gasteiger charge is 2.10. The van der Waals surface area contributed by atoms with Crippen LogP contribution in [0.15, 0.2) is 30.5 Å². The molecule has 0 aliphatic heterocycles. The van der Waals surface area contributed by atoms with Crippen LogP contribution < -0.4 is 4.74 Å². The third kappa shape index (κ3) is 3.79. The standard InChI is InChI=1S/C16H15N3O3/c1-11-14(16(20)21)10-18-15(19-11)12-4-6-13(7-5-12)22-9-3-2-8-17/h4-7,10H,2-3,9H2,1H3,(H,20,21). The largest absolute Gasteiger partial charge is 0.494 e. The molecule has 2 rings (SSSR count). The SMILES string of the molecule is Cc1nc(-c2ccc(OCCCC#N)cc2)ncc1C(=O)O.